The van der Waals surface area contributed by atoms with Crippen LogP contribution in [0, 0.1) is 0 Å². The molecule has 0 saturated carbocycles. The van der Waals surface area contributed by atoms with Gasteiger partial charge in [-0.3, -0.25) is 9.59 Å². The number of nitrogens with two attached hydrogens (primary N) is 1. The largest absolute Gasteiger partial charge is 0.444 e. The van der Waals surface area contributed by atoms with Crippen LogP contribution in [0.3, 0.4) is 0 Å². The molecule has 2 heterocycles. The highest BCUT2D eigenvalue weighted by molar-refractivity contribution is 6.00. The van der Waals surface area contributed by atoms with Gasteiger partial charge in [-0.15, -0.1) is 0 Å². The molecule has 1 aromatic rings. The number of carbonyl (C=O) groups is 3. The maximum absolute atomic E-state index is 12.3. The SMILES string of the molecule is CC(C)(C)OC(=O)N1CCO[C@H](c2ccc3c(c2)CN(CC(N)=O)C3=O)C1. The van der Waals surface area contributed by atoms with E-state index in [0.29, 0.717) is 31.8 Å². The lowest BCUT2D eigenvalue weighted by Gasteiger charge is -2.34. The monoisotopic (exact) mass is 375 g/mol. The van der Waals surface area contributed by atoms with Crippen molar-refractivity contribution in [2.45, 2.75) is 39.0 Å². The van der Waals surface area contributed by atoms with Crippen LogP contribution in [0.15, 0.2) is 18.2 Å². The van der Waals surface area contributed by atoms with E-state index in [1.807, 2.05) is 32.9 Å². The zero-order chi connectivity index (χ0) is 19.8. The third kappa shape index (κ3) is 4.39. The topological polar surface area (TPSA) is 102 Å². The zero-order valence-electron chi connectivity index (χ0n) is 15.9. The Labute approximate surface area is 158 Å². The van der Waals surface area contributed by atoms with Gasteiger partial charge in [0.05, 0.1) is 19.7 Å². The van der Waals surface area contributed by atoms with Crippen molar-refractivity contribution >= 4 is 17.9 Å². The molecule has 0 aromatic heterocycles. The van der Waals surface area contributed by atoms with Gasteiger partial charge in [0.1, 0.15) is 11.7 Å². The molecular weight excluding hydrogens is 350 g/mol. The van der Waals surface area contributed by atoms with Gasteiger partial charge in [-0.1, -0.05) is 12.1 Å². The Morgan fingerprint density at radius 1 is 1.33 bits per heavy atom. The predicted molar refractivity (Wildman–Crippen MR) is 96.9 cm³/mol. The van der Waals surface area contributed by atoms with Crippen LogP contribution in [0.2, 0.25) is 0 Å². The van der Waals surface area contributed by atoms with E-state index in [2.05, 4.69) is 0 Å². The van der Waals surface area contributed by atoms with Crippen molar-refractivity contribution in [2.75, 3.05) is 26.2 Å². The molecule has 1 atom stereocenters. The first-order valence-electron chi connectivity index (χ1n) is 8.94. The van der Waals surface area contributed by atoms with Crippen molar-refractivity contribution in [1.29, 1.82) is 0 Å². The number of fused-ring (bicyclic) bond motifs is 1. The minimum Gasteiger partial charge on any atom is -0.444 e. The van der Waals surface area contributed by atoms with Crippen LogP contribution in [0.1, 0.15) is 48.4 Å². The molecule has 1 aromatic carbocycles. The summed E-state index contributed by atoms with van der Waals surface area (Å²) in [5.74, 6) is -0.740. The van der Waals surface area contributed by atoms with Crippen LogP contribution in [-0.4, -0.2) is 59.5 Å². The van der Waals surface area contributed by atoms with Crippen LogP contribution in [-0.2, 0) is 20.8 Å². The van der Waals surface area contributed by atoms with Crippen LogP contribution < -0.4 is 5.73 Å². The zero-order valence-corrected chi connectivity index (χ0v) is 15.9. The smallest absolute Gasteiger partial charge is 0.410 e. The quantitative estimate of drug-likeness (QED) is 0.861. The molecule has 2 aliphatic rings. The van der Waals surface area contributed by atoms with Gasteiger partial charge in [0.25, 0.3) is 5.91 Å². The van der Waals surface area contributed by atoms with E-state index in [-0.39, 0.29) is 24.6 Å². The molecule has 2 aliphatic heterocycles. The molecule has 0 aliphatic carbocycles. The van der Waals surface area contributed by atoms with Gasteiger partial charge in [-0.25, -0.2) is 4.79 Å². The van der Waals surface area contributed by atoms with E-state index in [4.69, 9.17) is 15.2 Å². The first kappa shape index (κ1) is 19.2. The maximum atomic E-state index is 12.3. The second-order valence-electron chi connectivity index (χ2n) is 7.83. The summed E-state index contributed by atoms with van der Waals surface area (Å²) in [6.07, 6.45) is -0.656. The van der Waals surface area contributed by atoms with Gasteiger partial charge < -0.3 is 25.0 Å². The van der Waals surface area contributed by atoms with Crippen molar-refractivity contribution < 1.29 is 23.9 Å². The average Bonchev–Trinajstić information content (AvgIpc) is 2.88. The molecule has 3 amide bonds. The Bertz CT molecular complexity index is 771. The van der Waals surface area contributed by atoms with Crippen LogP contribution in [0.4, 0.5) is 4.79 Å². The number of carbonyl (C=O) groups excluding carboxylic acids is 3. The van der Waals surface area contributed by atoms with Crippen molar-refractivity contribution in [3.63, 3.8) is 0 Å². The fourth-order valence-corrected chi connectivity index (χ4v) is 3.26. The molecule has 0 radical (unpaired) electrons. The predicted octanol–water partition coefficient (Wildman–Crippen LogP) is 1.44. The number of morpholine rings is 1. The van der Waals surface area contributed by atoms with E-state index in [1.54, 1.807) is 11.0 Å². The van der Waals surface area contributed by atoms with E-state index in [0.717, 1.165) is 11.1 Å². The van der Waals surface area contributed by atoms with Gasteiger partial charge in [-0.05, 0) is 38.0 Å². The van der Waals surface area contributed by atoms with Crippen LogP contribution >= 0.6 is 0 Å². The van der Waals surface area contributed by atoms with E-state index >= 15 is 0 Å². The lowest BCUT2D eigenvalue weighted by molar-refractivity contribution is -0.118. The third-order valence-corrected chi connectivity index (χ3v) is 4.44. The van der Waals surface area contributed by atoms with Gasteiger partial charge in [0.2, 0.25) is 5.91 Å². The maximum Gasteiger partial charge on any atom is 0.410 e. The lowest BCUT2D eigenvalue weighted by Crippen LogP contribution is -2.44. The molecule has 27 heavy (non-hydrogen) atoms. The highest BCUT2D eigenvalue weighted by Crippen LogP contribution is 2.29. The fraction of sp³-hybridized carbons (Fsp3) is 0.526. The molecule has 2 N–H and O–H groups in total. The number of hydrogen-bond acceptors (Lipinski definition) is 5. The molecule has 8 heteroatoms. The number of hydrogen-bond donors (Lipinski definition) is 1. The number of primary amides is 1. The highest BCUT2D eigenvalue weighted by Gasteiger charge is 2.32. The number of amides is 3. The molecule has 1 fully saturated rings. The number of nitrogens with zero attached hydrogens (tertiary/aromatic N) is 2. The summed E-state index contributed by atoms with van der Waals surface area (Å²) in [4.78, 5) is 38.8. The number of benzene rings is 1. The first-order chi connectivity index (χ1) is 12.6. The van der Waals surface area contributed by atoms with Gasteiger partial charge in [0, 0.05) is 18.7 Å². The summed E-state index contributed by atoms with van der Waals surface area (Å²) in [5, 5.41) is 0. The molecule has 8 nitrogen and oxygen atoms in total. The summed E-state index contributed by atoms with van der Waals surface area (Å²) in [7, 11) is 0. The molecule has 0 bridgehead atoms. The number of ether oxygens (including phenoxy) is 2. The van der Waals surface area contributed by atoms with Crippen molar-refractivity contribution in [3.8, 4) is 0 Å². The molecule has 146 valence electrons. The van der Waals surface area contributed by atoms with Crippen LogP contribution in [0.25, 0.3) is 0 Å². The minimum atomic E-state index is -0.553. The summed E-state index contributed by atoms with van der Waals surface area (Å²) in [5.41, 5.74) is 6.93. The summed E-state index contributed by atoms with van der Waals surface area (Å²) >= 11 is 0. The summed E-state index contributed by atoms with van der Waals surface area (Å²) < 4.78 is 11.3. The first-order valence-corrected chi connectivity index (χ1v) is 8.94. The second kappa shape index (κ2) is 7.19. The fourth-order valence-electron chi connectivity index (χ4n) is 3.26. The average molecular weight is 375 g/mol. The molecular formula is C19H25N3O5. The second-order valence-corrected chi connectivity index (χ2v) is 7.83. The lowest BCUT2D eigenvalue weighted by atomic mass is 10.0. The van der Waals surface area contributed by atoms with Crippen LogP contribution in [0.5, 0.6) is 0 Å². The minimum absolute atomic E-state index is 0.102. The number of rotatable bonds is 3. The Morgan fingerprint density at radius 2 is 2.07 bits per heavy atom. The molecule has 0 spiro atoms. The molecule has 0 unspecified atom stereocenters. The Balaban J connectivity index is 1.72. The van der Waals surface area contributed by atoms with Gasteiger partial charge in [-0.2, -0.15) is 0 Å². The molecule has 1 saturated heterocycles. The van der Waals surface area contributed by atoms with Crippen molar-refractivity contribution in [1.82, 2.24) is 9.80 Å². The Kier molecular flexibility index (Phi) is 5.10. The van der Waals surface area contributed by atoms with Crippen molar-refractivity contribution in [3.05, 3.63) is 34.9 Å². The Morgan fingerprint density at radius 3 is 2.74 bits per heavy atom. The molecule has 3 rings (SSSR count). The van der Waals surface area contributed by atoms with Gasteiger partial charge in [0.15, 0.2) is 0 Å². The summed E-state index contributed by atoms with van der Waals surface area (Å²) in [6.45, 7) is 7.00. The third-order valence-electron chi connectivity index (χ3n) is 4.44. The van der Waals surface area contributed by atoms with Crippen molar-refractivity contribution in [2.24, 2.45) is 5.73 Å². The highest BCUT2D eigenvalue weighted by atomic mass is 16.6. The van der Waals surface area contributed by atoms with E-state index in [1.165, 1.54) is 4.90 Å². The van der Waals surface area contributed by atoms with E-state index < -0.39 is 11.5 Å². The van der Waals surface area contributed by atoms with Gasteiger partial charge >= 0.3 is 6.09 Å². The normalized spacial score (nSPS) is 19.8. The summed E-state index contributed by atoms with van der Waals surface area (Å²) in [6, 6.07) is 5.47. The Hall–Kier alpha value is -2.61. The standard InChI is InChI=1S/C19H25N3O5/c1-19(2,3)27-18(25)21-6-7-26-15(10-21)12-4-5-14-13(8-12)9-22(17(14)24)11-16(20)23/h4-5,8,15H,6-7,9-11H2,1-3H3,(H2,20,23)/t15-/m0/s1. The van der Waals surface area contributed by atoms with E-state index in [9.17, 15) is 14.4 Å².